The number of benzene rings is 3. The van der Waals surface area contributed by atoms with E-state index in [2.05, 4.69) is 67.1 Å². The fraction of sp³-hybridized carbons (Fsp3) is 0.207. The lowest BCUT2D eigenvalue weighted by Gasteiger charge is -2.09. The fourth-order valence-electron chi connectivity index (χ4n) is 3.89. The highest BCUT2D eigenvalue weighted by atomic mass is 35.5. The summed E-state index contributed by atoms with van der Waals surface area (Å²) in [6.45, 7) is 4.42. The Morgan fingerprint density at radius 3 is 2.42 bits per heavy atom. The molecule has 168 valence electrons. The van der Waals surface area contributed by atoms with Crippen LogP contribution in [-0.4, -0.2) is 9.55 Å². The second-order valence-corrected chi connectivity index (χ2v) is 9.12. The zero-order valence-corrected chi connectivity index (χ0v) is 20.6. The van der Waals surface area contributed by atoms with Gasteiger partial charge in [-0.25, -0.2) is 4.98 Å². The minimum absolute atomic E-state index is 0.599. The predicted molar refractivity (Wildman–Crippen MR) is 141 cm³/mol. The number of halogens is 2. The molecule has 33 heavy (non-hydrogen) atoms. The quantitative estimate of drug-likeness (QED) is 0.233. The second-order valence-electron chi connectivity index (χ2n) is 8.28. The van der Waals surface area contributed by atoms with Gasteiger partial charge in [0.15, 0.2) is 0 Å². The van der Waals surface area contributed by atoms with E-state index in [-0.39, 0.29) is 0 Å². The standard InChI is InChI=1S/C29H28Cl2N2/c1-3-4-6-9-21(2)23-14-12-22(13-15-23)18-29-32-28(26-17-16-24(30)19-27(26)31)20-33(29)25-10-7-5-8-11-25/h5,7-17,19-20H,3-4,6,18H2,1-2H3. The van der Waals surface area contributed by atoms with E-state index in [4.69, 9.17) is 28.2 Å². The van der Waals surface area contributed by atoms with Crippen molar-refractivity contribution in [1.29, 1.82) is 0 Å². The van der Waals surface area contributed by atoms with Gasteiger partial charge in [0.2, 0.25) is 0 Å². The summed E-state index contributed by atoms with van der Waals surface area (Å²) in [5, 5.41) is 1.21. The Morgan fingerprint density at radius 2 is 1.73 bits per heavy atom. The first-order valence-electron chi connectivity index (χ1n) is 11.4. The van der Waals surface area contributed by atoms with Crippen LogP contribution in [0.1, 0.15) is 50.1 Å². The zero-order valence-electron chi connectivity index (χ0n) is 19.1. The van der Waals surface area contributed by atoms with Crippen LogP contribution >= 0.6 is 23.2 Å². The molecule has 0 saturated carbocycles. The van der Waals surface area contributed by atoms with Gasteiger partial charge in [-0.2, -0.15) is 0 Å². The average molecular weight is 475 g/mol. The maximum absolute atomic E-state index is 6.49. The summed E-state index contributed by atoms with van der Waals surface area (Å²) in [6.07, 6.45) is 8.70. The number of rotatable bonds is 8. The lowest BCUT2D eigenvalue weighted by atomic mass is 10.0. The van der Waals surface area contributed by atoms with Crippen molar-refractivity contribution in [3.05, 3.63) is 112 Å². The molecule has 0 spiro atoms. The van der Waals surface area contributed by atoms with Gasteiger partial charge in [0.25, 0.3) is 0 Å². The van der Waals surface area contributed by atoms with Crippen molar-refractivity contribution >= 4 is 28.8 Å². The first kappa shape index (κ1) is 23.4. The lowest BCUT2D eigenvalue weighted by Crippen LogP contribution is -2.01. The maximum atomic E-state index is 6.49. The zero-order chi connectivity index (χ0) is 23.2. The topological polar surface area (TPSA) is 17.8 Å². The normalized spacial score (nSPS) is 11.7. The number of hydrogen-bond acceptors (Lipinski definition) is 1. The van der Waals surface area contributed by atoms with Crippen LogP contribution in [-0.2, 0) is 6.42 Å². The molecule has 4 heteroatoms. The Bertz CT molecular complexity index is 1240. The van der Waals surface area contributed by atoms with E-state index in [0.717, 1.165) is 35.6 Å². The van der Waals surface area contributed by atoms with E-state index in [1.807, 2.05) is 30.3 Å². The van der Waals surface area contributed by atoms with Crippen LogP contribution in [0, 0.1) is 0 Å². The van der Waals surface area contributed by atoms with Crippen LogP contribution in [0.3, 0.4) is 0 Å². The molecular formula is C29H28Cl2N2. The van der Waals surface area contributed by atoms with Gasteiger partial charge < -0.3 is 4.57 Å². The van der Waals surface area contributed by atoms with Crippen molar-refractivity contribution in [2.45, 2.75) is 39.5 Å². The molecule has 0 N–H and O–H groups in total. The second kappa shape index (κ2) is 10.9. The number of para-hydroxylation sites is 1. The van der Waals surface area contributed by atoms with Crippen LogP contribution in [0.4, 0.5) is 0 Å². The molecule has 0 unspecified atom stereocenters. The smallest absolute Gasteiger partial charge is 0.118 e. The molecule has 0 amide bonds. The minimum Gasteiger partial charge on any atom is -0.303 e. The number of unbranched alkanes of at least 4 members (excludes halogenated alkanes) is 2. The number of aromatic nitrogens is 2. The summed E-state index contributed by atoms with van der Waals surface area (Å²) < 4.78 is 2.14. The molecule has 2 nitrogen and oxygen atoms in total. The van der Waals surface area contributed by atoms with Crippen LogP contribution in [0.25, 0.3) is 22.5 Å². The molecule has 0 saturated heterocycles. The highest BCUT2D eigenvalue weighted by molar-refractivity contribution is 6.36. The summed E-state index contributed by atoms with van der Waals surface area (Å²) in [5.41, 5.74) is 6.61. The number of imidazole rings is 1. The van der Waals surface area contributed by atoms with Crippen LogP contribution in [0.2, 0.25) is 10.0 Å². The Morgan fingerprint density at radius 1 is 0.970 bits per heavy atom. The monoisotopic (exact) mass is 474 g/mol. The van der Waals surface area contributed by atoms with Crippen molar-refractivity contribution in [3.8, 4) is 16.9 Å². The molecule has 0 aliphatic rings. The molecule has 1 heterocycles. The summed E-state index contributed by atoms with van der Waals surface area (Å²) in [7, 11) is 0. The Labute approximate surface area is 206 Å². The summed E-state index contributed by atoms with van der Waals surface area (Å²) >= 11 is 12.6. The van der Waals surface area contributed by atoms with Crippen molar-refractivity contribution in [3.63, 3.8) is 0 Å². The summed E-state index contributed by atoms with van der Waals surface area (Å²) in [4.78, 5) is 4.97. The molecule has 0 aliphatic carbocycles. The molecule has 0 fully saturated rings. The third-order valence-electron chi connectivity index (χ3n) is 5.80. The third kappa shape index (κ3) is 5.76. The summed E-state index contributed by atoms with van der Waals surface area (Å²) in [5.74, 6) is 0.963. The van der Waals surface area contributed by atoms with Crippen LogP contribution in [0.5, 0.6) is 0 Å². The minimum atomic E-state index is 0.599. The van der Waals surface area contributed by atoms with Crippen molar-refractivity contribution < 1.29 is 0 Å². The largest absolute Gasteiger partial charge is 0.303 e. The molecule has 0 radical (unpaired) electrons. The molecule has 3 aromatic carbocycles. The van der Waals surface area contributed by atoms with Crippen molar-refractivity contribution in [2.24, 2.45) is 0 Å². The molecule has 0 aliphatic heterocycles. The molecule has 0 atom stereocenters. The first-order chi connectivity index (χ1) is 16.0. The van der Waals surface area contributed by atoms with Gasteiger partial charge in [-0.1, -0.05) is 91.5 Å². The average Bonchev–Trinajstić information content (AvgIpc) is 3.23. The molecular weight excluding hydrogens is 447 g/mol. The van der Waals surface area contributed by atoms with E-state index >= 15 is 0 Å². The Balaban J connectivity index is 1.65. The third-order valence-corrected chi connectivity index (χ3v) is 6.35. The molecule has 0 bridgehead atoms. The van der Waals surface area contributed by atoms with E-state index in [9.17, 15) is 0 Å². The fourth-order valence-corrected chi connectivity index (χ4v) is 4.40. The van der Waals surface area contributed by atoms with E-state index in [0.29, 0.717) is 10.0 Å². The van der Waals surface area contributed by atoms with Gasteiger partial charge in [0.05, 0.1) is 10.7 Å². The number of hydrogen-bond donors (Lipinski definition) is 0. The maximum Gasteiger partial charge on any atom is 0.118 e. The van der Waals surface area contributed by atoms with Crippen LogP contribution in [0.15, 0.2) is 85.1 Å². The lowest BCUT2D eigenvalue weighted by molar-refractivity contribution is 0.815. The molecule has 4 rings (SSSR count). The number of allylic oxidation sites excluding steroid dienone is 2. The van der Waals surface area contributed by atoms with Gasteiger partial charge in [-0.3, -0.25) is 0 Å². The van der Waals surface area contributed by atoms with Crippen LogP contribution < -0.4 is 0 Å². The Kier molecular flexibility index (Phi) is 7.69. The molecule has 1 aromatic heterocycles. The molecule has 4 aromatic rings. The summed E-state index contributed by atoms with van der Waals surface area (Å²) in [6, 6.07) is 24.6. The van der Waals surface area contributed by atoms with Gasteiger partial charge in [0, 0.05) is 28.9 Å². The van der Waals surface area contributed by atoms with Crippen molar-refractivity contribution in [1.82, 2.24) is 9.55 Å². The SMILES string of the molecule is CCCCC=C(C)c1ccc(Cc2nc(-c3ccc(Cl)cc3Cl)cn2-c2ccccc2)cc1. The van der Waals surface area contributed by atoms with Gasteiger partial charge in [-0.15, -0.1) is 0 Å². The number of nitrogens with zero attached hydrogens (tertiary/aromatic N) is 2. The van der Waals surface area contributed by atoms with Crippen molar-refractivity contribution in [2.75, 3.05) is 0 Å². The highest BCUT2D eigenvalue weighted by Gasteiger charge is 2.14. The van der Waals surface area contributed by atoms with Gasteiger partial charge in [-0.05, 0) is 60.4 Å². The van der Waals surface area contributed by atoms with Gasteiger partial charge in [0.1, 0.15) is 5.82 Å². The first-order valence-corrected chi connectivity index (χ1v) is 12.2. The van der Waals surface area contributed by atoms with Gasteiger partial charge >= 0.3 is 0 Å². The predicted octanol–water partition coefficient (Wildman–Crippen LogP) is 9.03. The highest BCUT2D eigenvalue weighted by Crippen LogP contribution is 2.31. The Hall–Kier alpha value is -2.81. The van der Waals surface area contributed by atoms with E-state index in [1.165, 1.54) is 29.5 Å². The van der Waals surface area contributed by atoms with E-state index < -0.39 is 0 Å². The van der Waals surface area contributed by atoms with E-state index in [1.54, 1.807) is 6.07 Å².